The predicted octanol–water partition coefficient (Wildman–Crippen LogP) is 4.43. The Kier molecular flexibility index (Phi) is 6.68. The lowest BCUT2D eigenvalue weighted by molar-refractivity contribution is 0.0990. The molecule has 1 unspecified atom stereocenters. The van der Waals surface area contributed by atoms with Gasteiger partial charge in [-0.2, -0.15) is 0 Å². The van der Waals surface area contributed by atoms with Gasteiger partial charge in [0.2, 0.25) is 0 Å². The molecule has 15 heavy (non-hydrogen) atoms. The van der Waals surface area contributed by atoms with Crippen molar-refractivity contribution in [2.75, 3.05) is 0 Å². The Morgan fingerprint density at radius 1 is 1.07 bits per heavy atom. The third-order valence-electron chi connectivity index (χ3n) is 2.28. The van der Waals surface area contributed by atoms with Crippen molar-refractivity contribution in [3.05, 3.63) is 35.4 Å². The number of carbonyl (C=O) groups is 1. The summed E-state index contributed by atoms with van der Waals surface area (Å²) in [6, 6.07) is 7.88. The van der Waals surface area contributed by atoms with Gasteiger partial charge < -0.3 is 0 Å². The summed E-state index contributed by atoms with van der Waals surface area (Å²) in [6.07, 6.45) is 0.694. The maximum absolute atomic E-state index is 11.3. The van der Waals surface area contributed by atoms with Crippen molar-refractivity contribution in [1.29, 1.82) is 0 Å². The van der Waals surface area contributed by atoms with E-state index in [2.05, 4.69) is 6.92 Å². The Hall–Kier alpha value is -1.11. The van der Waals surface area contributed by atoms with Gasteiger partial charge in [0.05, 0.1) is 0 Å². The third kappa shape index (κ3) is 3.19. The number of Topliss-reactive ketones (excluding diaryl/α,β-unsaturated/α-hetero) is 1. The minimum atomic E-state index is 0.299. The van der Waals surface area contributed by atoms with Crippen LogP contribution in [0.5, 0.6) is 0 Å². The molecule has 0 N–H and O–H groups in total. The molecular weight excluding hydrogens is 184 g/mol. The normalized spacial score (nSPS) is 16.9. The van der Waals surface area contributed by atoms with Crippen molar-refractivity contribution in [2.45, 2.75) is 47.0 Å². The molecule has 1 aromatic carbocycles. The Balaban J connectivity index is 0.000000442. The third-order valence-corrected chi connectivity index (χ3v) is 2.28. The van der Waals surface area contributed by atoms with Crippen molar-refractivity contribution < 1.29 is 4.79 Å². The Morgan fingerprint density at radius 3 is 2.13 bits per heavy atom. The molecule has 84 valence electrons. The molecule has 0 bridgehead atoms. The summed E-state index contributed by atoms with van der Waals surface area (Å²) in [5.74, 6) is 0.729. The SMILES string of the molecule is CC.CC.CC1CC(=O)c2ccccc21. The van der Waals surface area contributed by atoms with Gasteiger partial charge in [0.15, 0.2) is 5.78 Å². The second-order valence-electron chi connectivity index (χ2n) is 3.12. The van der Waals surface area contributed by atoms with Crippen LogP contribution in [0.4, 0.5) is 0 Å². The number of hydrogen-bond acceptors (Lipinski definition) is 1. The van der Waals surface area contributed by atoms with E-state index in [9.17, 15) is 4.79 Å². The van der Waals surface area contributed by atoms with E-state index in [0.29, 0.717) is 18.1 Å². The molecule has 0 aromatic heterocycles. The van der Waals surface area contributed by atoms with E-state index >= 15 is 0 Å². The average molecular weight is 206 g/mol. The molecule has 0 saturated heterocycles. The standard InChI is InChI=1S/C10H10O.2C2H6/c1-7-6-10(11)9-5-3-2-4-8(7)9;2*1-2/h2-5,7H,6H2,1H3;2*1-2H3. The van der Waals surface area contributed by atoms with Crippen LogP contribution in [-0.4, -0.2) is 5.78 Å². The zero-order valence-corrected chi connectivity index (χ0v) is 10.5. The number of ketones is 1. The van der Waals surface area contributed by atoms with Gasteiger partial charge in [-0.05, 0) is 11.5 Å². The zero-order valence-electron chi connectivity index (χ0n) is 10.5. The molecule has 0 saturated carbocycles. The lowest BCUT2D eigenvalue weighted by atomic mass is 10.0. The minimum absolute atomic E-state index is 0.299. The minimum Gasteiger partial charge on any atom is -0.294 e. The first-order valence-corrected chi connectivity index (χ1v) is 5.91. The summed E-state index contributed by atoms with van der Waals surface area (Å²) in [7, 11) is 0. The van der Waals surface area contributed by atoms with Crippen LogP contribution in [0.3, 0.4) is 0 Å². The van der Waals surface area contributed by atoms with Gasteiger partial charge in [-0.3, -0.25) is 4.79 Å². The summed E-state index contributed by atoms with van der Waals surface area (Å²) in [5.41, 5.74) is 2.15. The molecule has 0 aliphatic heterocycles. The highest BCUT2D eigenvalue weighted by atomic mass is 16.1. The van der Waals surface area contributed by atoms with Crippen LogP contribution in [0, 0.1) is 0 Å². The molecule has 2 rings (SSSR count). The lowest BCUT2D eigenvalue weighted by Crippen LogP contribution is -1.89. The molecular formula is C14H22O. The van der Waals surface area contributed by atoms with Crippen molar-refractivity contribution in [1.82, 2.24) is 0 Å². The zero-order chi connectivity index (χ0) is 11.8. The van der Waals surface area contributed by atoms with E-state index in [4.69, 9.17) is 0 Å². The molecule has 0 radical (unpaired) electrons. The number of hydrogen-bond donors (Lipinski definition) is 0. The van der Waals surface area contributed by atoms with Crippen molar-refractivity contribution >= 4 is 5.78 Å². The molecule has 1 nitrogen and oxygen atoms in total. The van der Waals surface area contributed by atoms with Crippen LogP contribution in [-0.2, 0) is 0 Å². The molecule has 1 heteroatoms. The summed E-state index contributed by atoms with van der Waals surface area (Å²) >= 11 is 0. The van der Waals surface area contributed by atoms with E-state index in [1.54, 1.807) is 0 Å². The second-order valence-corrected chi connectivity index (χ2v) is 3.12. The summed E-state index contributed by atoms with van der Waals surface area (Å²) < 4.78 is 0. The topological polar surface area (TPSA) is 17.1 Å². The predicted molar refractivity (Wildman–Crippen MR) is 66.5 cm³/mol. The highest BCUT2D eigenvalue weighted by Crippen LogP contribution is 2.31. The highest BCUT2D eigenvalue weighted by Gasteiger charge is 2.24. The molecule has 0 spiro atoms. The van der Waals surface area contributed by atoms with E-state index < -0.39 is 0 Å². The van der Waals surface area contributed by atoms with Crippen LogP contribution in [0.1, 0.15) is 62.9 Å². The van der Waals surface area contributed by atoms with Gasteiger partial charge in [-0.1, -0.05) is 58.9 Å². The van der Waals surface area contributed by atoms with E-state index in [-0.39, 0.29) is 0 Å². The molecule has 1 atom stereocenters. The maximum Gasteiger partial charge on any atom is 0.163 e. The highest BCUT2D eigenvalue weighted by molar-refractivity contribution is 6.01. The van der Waals surface area contributed by atoms with E-state index in [0.717, 1.165) is 5.56 Å². The molecule has 0 heterocycles. The largest absolute Gasteiger partial charge is 0.294 e. The van der Waals surface area contributed by atoms with E-state index in [1.807, 2.05) is 52.0 Å². The van der Waals surface area contributed by atoms with Crippen LogP contribution in [0.25, 0.3) is 0 Å². The van der Waals surface area contributed by atoms with Gasteiger partial charge in [-0.25, -0.2) is 0 Å². The lowest BCUT2D eigenvalue weighted by Gasteiger charge is -1.99. The molecule has 0 amide bonds. The monoisotopic (exact) mass is 206 g/mol. The van der Waals surface area contributed by atoms with Crippen LogP contribution in [0.15, 0.2) is 24.3 Å². The molecule has 1 aliphatic carbocycles. The fourth-order valence-electron chi connectivity index (χ4n) is 1.68. The average Bonchev–Trinajstić information content (AvgIpc) is 2.61. The van der Waals surface area contributed by atoms with Gasteiger partial charge in [-0.15, -0.1) is 0 Å². The van der Waals surface area contributed by atoms with Crippen molar-refractivity contribution in [2.24, 2.45) is 0 Å². The van der Waals surface area contributed by atoms with Crippen molar-refractivity contribution in [3.63, 3.8) is 0 Å². The number of rotatable bonds is 0. The van der Waals surface area contributed by atoms with Gasteiger partial charge in [0.25, 0.3) is 0 Å². The summed E-state index contributed by atoms with van der Waals surface area (Å²) in [4.78, 5) is 11.3. The first kappa shape index (κ1) is 13.9. The van der Waals surface area contributed by atoms with Crippen LogP contribution < -0.4 is 0 Å². The number of carbonyl (C=O) groups excluding carboxylic acids is 1. The van der Waals surface area contributed by atoms with Crippen molar-refractivity contribution in [3.8, 4) is 0 Å². The number of benzene rings is 1. The quantitative estimate of drug-likeness (QED) is 0.613. The van der Waals surface area contributed by atoms with E-state index in [1.165, 1.54) is 5.56 Å². The summed E-state index contributed by atoms with van der Waals surface area (Å²) in [6.45, 7) is 10.1. The molecule has 0 fully saturated rings. The van der Waals surface area contributed by atoms with Crippen LogP contribution >= 0.6 is 0 Å². The summed E-state index contributed by atoms with van der Waals surface area (Å²) in [5, 5.41) is 0. The van der Waals surface area contributed by atoms with Gasteiger partial charge in [0, 0.05) is 12.0 Å². The Bertz CT molecular complexity index is 302. The first-order chi connectivity index (χ1) is 7.29. The smallest absolute Gasteiger partial charge is 0.163 e. The van der Waals surface area contributed by atoms with Crippen LogP contribution in [0.2, 0.25) is 0 Å². The fourth-order valence-corrected chi connectivity index (χ4v) is 1.68. The number of fused-ring (bicyclic) bond motifs is 1. The molecule has 1 aromatic rings. The van der Waals surface area contributed by atoms with Gasteiger partial charge >= 0.3 is 0 Å². The maximum atomic E-state index is 11.3. The first-order valence-electron chi connectivity index (χ1n) is 5.91. The van der Waals surface area contributed by atoms with Gasteiger partial charge in [0.1, 0.15) is 0 Å². The molecule has 1 aliphatic rings. The Morgan fingerprint density at radius 2 is 1.60 bits per heavy atom. The second kappa shape index (κ2) is 7.22. The fraction of sp³-hybridized carbons (Fsp3) is 0.500. The Labute approximate surface area is 93.5 Å².